The molecule has 5 N–H and O–H groups in total. The second-order valence-corrected chi connectivity index (χ2v) is 2.25. The molecule has 64 valence electrons. The van der Waals surface area contributed by atoms with Gasteiger partial charge in [0.15, 0.2) is 5.11 Å². The quantitative estimate of drug-likeness (QED) is 0.345. The van der Waals surface area contributed by atoms with Crippen LogP contribution in [-0.2, 0) is 9.53 Å². The van der Waals surface area contributed by atoms with Crippen molar-refractivity contribution in [3.05, 3.63) is 0 Å². The van der Waals surface area contributed by atoms with Crippen LogP contribution in [-0.4, -0.2) is 30.8 Å². The van der Waals surface area contributed by atoms with Crippen LogP contribution in [0.15, 0.2) is 0 Å². The van der Waals surface area contributed by atoms with Gasteiger partial charge in [-0.25, -0.2) is 0 Å². The smallest absolute Gasteiger partial charge is 0.243 e. The first kappa shape index (κ1) is 10.1. The number of rotatable bonds is 5. The van der Waals surface area contributed by atoms with Gasteiger partial charge in [0.2, 0.25) is 5.91 Å². The monoisotopic (exact) mass is 177 g/mol. The molecule has 0 atom stereocenters. The first-order valence-corrected chi connectivity index (χ1v) is 3.43. The van der Waals surface area contributed by atoms with Gasteiger partial charge in [0.25, 0.3) is 0 Å². The Hall–Kier alpha value is -0.880. The summed E-state index contributed by atoms with van der Waals surface area (Å²) < 4.78 is 4.79. The van der Waals surface area contributed by atoms with Crippen LogP contribution < -0.4 is 16.8 Å². The molecule has 0 fully saturated rings. The molecule has 0 aromatic rings. The van der Waals surface area contributed by atoms with Crippen molar-refractivity contribution < 1.29 is 9.53 Å². The Labute approximate surface area is 70.1 Å². The number of ether oxygens (including phenoxy) is 1. The molecule has 0 aliphatic heterocycles. The van der Waals surface area contributed by atoms with Crippen molar-refractivity contribution in [2.45, 2.75) is 0 Å². The first-order valence-electron chi connectivity index (χ1n) is 3.02. The van der Waals surface area contributed by atoms with Crippen molar-refractivity contribution in [3.63, 3.8) is 0 Å². The molecule has 0 radical (unpaired) electrons. The third kappa shape index (κ3) is 9.12. The Balaban J connectivity index is 3.03. The van der Waals surface area contributed by atoms with Gasteiger partial charge >= 0.3 is 0 Å². The van der Waals surface area contributed by atoms with E-state index in [0.29, 0.717) is 13.2 Å². The molecule has 0 aliphatic rings. The van der Waals surface area contributed by atoms with E-state index in [1.165, 1.54) is 0 Å². The van der Waals surface area contributed by atoms with E-state index in [4.69, 9.17) is 16.2 Å². The minimum atomic E-state index is -0.486. The molecule has 0 rings (SSSR count). The van der Waals surface area contributed by atoms with E-state index in [1.54, 1.807) is 0 Å². The van der Waals surface area contributed by atoms with Crippen LogP contribution in [0.5, 0.6) is 0 Å². The van der Waals surface area contributed by atoms with Crippen LogP contribution in [0.2, 0.25) is 0 Å². The van der Waals surface area contributed by atoms with E-state index in [2.05, 4.69) is 17.5 Å². The van der Waals surface area contributed by atoms with Gasteiger partial charge < -0.3 is 21.5 Å². The van der Waals surface area contributed by atoms with Crippen molar-refractivity contribution in [2.24, 2.45) is 11.5 Å². The summed E-state index contributed by atoms with van der Waals surface area (Å²) >= 11 is 4.52. The first-order chi connectivity index (χ1) is 5.13. The molecule has 0 saturated heterocycles. The number of thiocarbonyl (C=S) groups is 1. The van der Waals surface area contributed by atoms with Crippen LogP contribution in [0.3, 0.4) is 0 Å². The van der Waals surface area contributed by atoms with E-state index < -0.39 is 5.91 Å². The molecule has 0 saturated carbocycles. The van der Waals surface area contributed by atoms with Crippen LogP contribution in [0.25, 0.3) is 0 Å². The molecule has 1 amide bonds. The lowest BCUT2D eigenvalue weighted by Gasteiger charge is -2.02. The van der Waals surface area contributed by atoms with E-state index in [-0.39, 0.29) is 11.7 Å². The van der Waals surface area contributed by atoms with Crippen molar-refractivity contribution in [1.29, 1.82) is 0 Å². The minimum Gasteiger partial charge on any atom is -0.376 e. The van der Waals surface area contributed by atoms with Gasteiger partial charge in [-0.3, -0.25) is 4.79 Å². The van der Waals surface area contributed by atoms with Crippen molar-refractivity contribution in [2.75, 3.05) is 19.8 Å². The van der Waals surface area contributed by atoms with Gasteiger partial charge in [-0.2, -0.15) is 0 Å². The Bertz CT molecular complexity index is 135. The molecule has 0 aliphatic carbocycles. The Kier molecular flexibility index (Phi) is 5.40. The summed E-state index contributed by atoms with van der Waals surface area (Å²) in [6.07, 6.45) is 0. The second kappa shape index (κ2) is 5.87. The van der Waals surface area contributed by atoms with E-state index in [9.17, 15) is 4.79 Å². The summed E-state index contributed by atoms with van der Waals surface area (Å²) in [5.41, 5.74) is 9.91. The van der Waals surface area contributed by atoms with Crippen LogP contribution in [0.1, 0.15) is 0 Å². The van der Waals surface area contributed by atoms with E-state index in [0.717, 1.165) is 0 Å². The van der Waals surface area contributed by atoms with Crippen molar-refractivity contribution in [1.82, 2.24) is 5.32 Å². The summed E-state index contributed by atoms with van der Waals surface area (Å²) in [6, 6.07) is 0. The van der Waals surface area contributed by atoms with Crippen molar-refractivity contribution in [3.8, 4) is 0 Å². The number of nitrogens with one attached hydrogen (secondary N) is 1. The molecule has 0 aromatic heterocycles. The van der Waals surface area contributed by atoms with Crippen LogP contribution in [0.4, 0.5) is 0 Å². The molecule has 11 heavy (non-hydrogen) atoms. The fourth-order valence-electron chi connectivity index (χ4n) is 0.419. The van der Waals surface area contributed by atoms with Crippen LogP contribution in [0, 0.1) is 0 Å². The zero-order chi connectivity index (χ0) is 8.69. The van der Waals surface area contributed by atoms with Gasteiger partial charge in [-0.1, -0.05) is 0 Å². The summed E-state index contributed by atoms with van der Waals surface area (Å²) in [5.74, 6) is -0.486. The van der Waals surface area contributed by atoms with E-state index in [1.807, 2.05) is 0 Å². The average molecular weight is 177 g/mol. The number of primary amides is 1. The summed E-state index contributed by atoms with van der Waals surface area (Å²) in [6.45, 7) is 0.780. The molecular formula is C5H11N3O2S. The largest absolute Gasteiger partial charge is 0.376 e. The van der Waals surface area contributed by atoms with Gasteiger partial charge in [-0.05, 0) is 12.2 Å². The zero-order valence-corrected chi connectivity index (χ0v) is 6.82. The Morgan fingerprint density at radius 2 is 2.18 bits per heavy atom. The normalized spacial score (nSPS) is 9.09. The summed E-state index contributed by atoms with van der Waals surface area (Å²) in [4.78, 5) is 10.1. The fourth-order valence-corrected chi connectivity index (χ4v) is 0.521. The van der Waals surface area contributed by atoms with Gasteiger partial charge in [0.1, 0.15) is 6.61 Å². The van der Waals surface area contributed by atoms with Gasteiger partial charge in [0.05, 0.1) is 6.61 Å². The fraction of sp³-hybridized carbons (Fsp3) is 0.600. The number of hydrogen-bond acceptors (Lipinski definition) is 3. The lowest BCUT2D eigenvalue weighted by molar-refractivity contribution is -0.122. The van der Waals surface area contributed by atoms with Gasteiger partial charge in [0, 0.05) is 6.54 Å². The summed E-state index contributed by atoms with van der Waals surface area (Å²) in [7, 11) is 0. The highest BCUT2D eigenvalue weighted by molar-refractivity contribution is 7.80. The second-order valence-electron chi connectivity index (χ2n) is 1.81. The van der Waals surface area contributed by atoms with Gasteiger partial charge in [-0.15, -0.1) is 0 Å². The highest BCUT2D eigenvalue weighted by Crippen LogP contribution is 1.71. The average Bonchev–Trinajstić information content (AvgIpc) is 1.85. The molecule has 0 heterocycles. The Morgan fingerprint density at radius 1 is 1.55 bits per heavy atom. The maximum absolute atomic E-state index is 10.1. The third-order valence-electron chi connectivity index (χ3n) is 0.790. The molecule has 0 aromatic carbocycles. The molecule has 5 nitrogen and oxygen atoms in total. The molecule has 0 bridgehead atoms. The lowest BCUT2D eigenvalue weighted by atomic mass is 10.6. The number of nitrogens with two attached hydrogens (primary N) is 2. The maximum Gasteiger partial charge on any atom is 0.243 e. The minimum absolute atomic E-state index is 0.0704. The van der Waals surface area contributed by atoms with Crippen LogP contribution >= 0.6 is 12.2 Å². The number of amides is 1. The highest BCUT2D eigenvalue weighted by atomic mass is 32.1. The van der Waals surface area contributed by atoms with E-state index >= 15 is 0 Å². The molecule has 0 unspecified atom stereocenters. The lowest BCUT2D eigenvalue weighted by Crippen LogP contribution is -2.32. The molecular weight excluding hydrogens is 166 g/mol. The topological polar surface area (TPSA) is 90.4 Å². The zero-order valence-electron chi connectivity index (χ0n) is 6.00. The number of carbonyl (C=O) groups excluding carboxylic acids is 1. The Morgan fingerprint density at radius 3 is 2.64 bits per heavy atom. The highest BCUT2D eigenvalue weighted by Gasteiger charge is 1.92. The standard InChI is InChI=1S/C5H11N3O2S/c6-4(9)3-10-2-1-8-5(7)11/h1-3H2,(H2,6,9)(H3,7,8,11). The predicted molar refractivity (Wildman–Crippen MR) is 44.8 cm³/mol. The number of carbonyl (C=O) groups is 1. The molecule has 0 spiro atoms. The predicted octanol–water partition coefficient (Wildman–Crippen LogP) is -1.68. The maximum atomic E-state index is 10.1. The summed E-state index contributed by atoms with van der Waals surface area (Å²) in [5, 5.41) is 2.87. The number of hydrogen-bond donors (Lipinski definition) is 3. The SMILES string of the molecule is NC(=O)COCCNC(N)=S. The third-order valence-corrected chi connectivity index (χ3v) is 0.934. The molecule has 6 heteroatoms. The van der Waals surface area contributed by atoms with Crippen molar-refractivity contribution >= 4 is 23.2 Å².